The maximum atomic E-state index is 13.4. The highest BCUT2D eigenvalue weighted by Gasteiger charge is 2.63. The van der Waals surface area contributed by atoms with E-state index in [1.807, 2.05) is 13.0 Å². The molecule has 0 saturated heterocycles. The molecule has 0 aromatic heterocycles. The molecule has 4 fully saturated rings. The number of hydrogen-bond donors (Lipinski definition) is 0. The molecule has 0 N–H and O–H groups in total. The summed E-state index contributed by atoms with van der Waals surface area (Å²) in [4.78, 5) is 26.9. The van der Waals surface area contributed by atoms with Gasteiger partial charge < -0.3 is 18.9 Å². The van der Waals surface area contributed by atoms with E-state index in [4.69, 9.17) is 14.2 Å². The Balaban J connectivity index is 1.38. The molecule has 4 saturated carbocycles. The van der Waals surface area contributed by atoms with Gasteiger partial charge in [0.1, 0.15) is 17.0 Å². The van der Waals surface area contributed by atoms with E-state index in [0.717, 1.165) is 12.5 Å². The fourth-order valence-corrected chi connectivity index (χ4v) is 6.79. The molecule has 2 unspecified atom stereocenters. The van der Waals surface area contributed by atoms with Crippen LogP contribution in [0.5, 0.6) is 17.2 Å². The van der Waals surface area contributed by atoms with Crippen molar-refractivity contribution in [2.45, 2.75) is 83.3 Å². The molecule has 2 atom stereocenters. The largest absolute Gasteiger partial charge is 0.573 e. The summed E-state index contributed by atoms with van der Waals surface area (Å²) in [6, 6.07) is 12.5. The number of carbonyl (C=O) groups excluding carboxylic acids is 2. The van der Waals surface area contributed by atoms with Crippen LogP contribution in [0.3, 0.4) is 0 Å². The van der Waals surface area contributed by atoms with Crippen LogP contribution in [0, 0.1) is 17.3 Å². The Bertz CT molecular complexity index is 1230. The standard InChI is InChI=1S/C30H33F3O6/c1-4-27(2,3)37-24-13-21(10-11-23(24)38-30(31,32)33)25(34)39-29-16-19-12-20(17-29)15-28(14-19,18-29)26(35)36-22-8-6-5-7-9-22/h5-11,13,19-20H,4,12,14-18H2,1-3H3. The van der Waals surface area contributed by atoms with Crippen LogP contribution in [0.2, 0.25) is 0 Å². The Morgan fingerprint density at radius 1 is 0.923 bits per heavy atom. The molecule has 0 amide bonds. The third kappa shape index (κ3) is 5.87. The number of benzene rings is 2. The second-order valence-electron chi connectivity index (χ2n) is 11.9. The van der Waals surface area contributed by atoms with E-state index < -0.39 is 34.7 Å². The van der Waals surface area contributed by atoms with Gasteiger partial charge in [-0.1, -0.05) is 25.1 Å². The minimum absolute atomic E-state index is 0.0584. The third-order valence-electron chi connectivity index (χ3n) is 8.35. The van der Waals surface area contributed by atoms with Crippen LogP contribution in [0.4, 0.5) is 13.2 Å². The van der Waals surface area contributed by atoms with E-state index >= 15 is 0 Å². The normalized spacial score (nSPS) is 27.6. The predicted octanol–water partition coefficient (Wildman–Crippen LogP) is 7.25. The third-order valence-corrected chi connectivity index (χ3v) is 8.35. The first kappa shape index (κ1) is 27.3. The Morgan fingerprint density at radius 2 is 1.59 bits per heavy atom. The highest BCUT2D eigenvalue weighted by atomic mass is 19.4. The summed E-state index contributed by atoms with van der Waals surface area (Å²) in [6.45, 7) is 5.31. The minimum atomic E-state index is -4.92. The Hall–Kier alpha value is -3.23. The molecule has 39 heavy (non-hydrogen) atoms. The van der Waals surface area contributed by atoms with Crippen LogP contribution >= 0.6 is 0 Å². The molecule has 6 rings (SSSR count). The van der Waals surface area contributed by atoms with Crippen molar-refractivity contribution >= 4 is 11.9 Å². The number of carbonyl (C=O) groups is 2. The van der Waals surface area contributed by atoms with Crippen molar-refractivity contribution in [2.75, 3.05) is 0 Å². The van der Waals surface area contributed by atoms with Gasteiger partial charge in [-0.25, -0.2) is 4.79 Å². The molecule has 2 aromatic rings. The van der Waals surface area contributed by atoms with Crippen LogP contribution in [0.15, 0.2) is 48.5 Å². The van der Waals surface area contributed by atoms with Crippen molar-refractivity contribution in [1.29, 1.82) is 0 Å². The zero-order chi connectivity index (χ0) is 28.1. The van der Waals surface area contributed by atoms with Crippen molar-refractivity contribution in [3.8, 4) is 17.2 Å². The van der Waals surface area contributed by atoms with Crippen LogP contribution < -0.4 is 14.2 Å². The zero-order valence-electron chi connectivity index (χ0n) is 22.3. The molecule has 4 aliphatic rings. The van der Waals surface area contributed by atoms with Crippen LogP contribution in [0.25, 0.3) is 0 Å². The Labute approximate surface area is 225 Å². The molecule has 2 aromatic carbocycles. The summed E-state index contributed by atoms with van der Waals surface area (Å²) in [5.74, 6) is -0.744. The van der Waals surface area contributed by atoms with Gasteiger partial charge >= 0.3 is 18.3 Å². The maximum absolute atomic E-state index is 13.4. The number of rotatable bonds is 8. The average molecular weight is 547 g/mol. The lowest BCUT2D eigenvalue weighted by Gasteiger charge is -2.59. The van der Waals surface area contributed by atoms with E-state index in [2.05, 4.69) is 4.74 Å². The zero-order valence-corrected chi connectivity index (χ0v) is 22.3. The van der Waals surface area contributed by atoms with Crippen LogP contribution in [-0.4, -0.2) is 29.5 Å². The molecular formula is C30H33F3O6. The van der Waals surface area contributed by atoms with E-state index in [-0.39, 0.29) is 29.1 Å². The van der Waals surface area contributed by atoms with Crippen molar-refractivity contribution < 1.29 is 41.7 Å². The van der Waals surface area contributed by atoms with Gasteiger partial charge in [-0.05, 0) is 94.5 Å². The second kappa shape index (κ2) is 9.75. The summed E-state index contributed by atoms with van der Waals surface area (Å²) in [5.41, 5.74) is -2.30. The van der Waals surface area contributed by atoms with Crippen LogP contribution in [-0.2, 0) is 9.53 Å². The minimum Gasteiger partial charge on any atom is -0.484 e. The first-order chi connectivity index (χ1) is 18.3. The Morgan fingerprint density at radius 3 is 2.21 bits per heavy atom. The Kier molecular flexibility index (Phi) is 6.84. The lowest BCUT2D eigenvalue weighted by Crippen LogP contribution is -2.60. The average Bonchev–Trinajstić information content (AvgIpc) is 2.83. The highest BCUT2D eigenvalue weighted by Crippen LogP contribution is 2.63. The topological polar surface area (TPSA) is 71.1 Å². The molecule has 0 spiro atoms. The maximum Gasteiger partial charge on any atom is 0.573 e. The number of ether oxygens (including phenoxy) is 4. The van der Waals surface area contributed by atoms with E-state index in [9.17, 15) is 22.8 Å². The quantitative estimate of drug-likeness (QED) is 0.257. The summed E-state index contributed by atoms with van der Waals surface area (Å²) in [5, 5.41) is 0. The number of halogens is 3. The molecule has 210 valence electrons. The van der Waals surface area contributed by atoms with Gasteiger partial charge in [0.05, 0.1) is 11.0 Å². The van der Waals surface area contributed by atoms with Gasteiger partial charge in [0, 0.05) is 6.42 Å². The fraction of sp³-hybridized carbons (Fsp3) is 0.533. The first-order valence-corrected chi connectivity index (χ1v) is 13.4. The van der Waals surface area contributed by atoms with Crippen molar-refractivity contribution in [1.82, 2.24) is 0 Å². The summed E-state index contributed by atoms with van der Waals surface area (Å²) in [6.07, 6.45) is -0.365. The molecule has 6 nitrogen and oxygen atoms in total. The number of alkyl halides is 3. The van der Waals surface area contributed by atoms with E-state index in [1.54, 1.807) is 38.1 Å². The van der Waals surface area contributed by atoms with Gasteiger partial charge in [0.2, 0.25) is 0 Å². The van der Waals surface area contributed by atoms with Crippen molar-refractivity contribution in [3.63, 3.8) is 0 Å². The smallest absolute Gasteiger partial charge is 0.484 e. The van der Waals surface area contributed by atoms with Crippen molar-refractivity contribution in [3.05, 3.63) is 54.1 Å². The lowest BCUT2D eigenvalue weighted by atomic mass is 9.48. The molecule has 0 radical (unpaired) electrons. The SMILES string of the molecule is CCC(C)(C)Oc1cc(C(=O)OC23CC4CC(C2)CC(C(=O)Oc2ccccc2)(C4)C3)ccc1OC(F)(F)F. The number of esters is 2. The molecule has 0 aliphatic heterocycles. The molecular weight excluding hydrogens is 513 g/mol. The van der Waals surface area contributed by atoms with Gasteiger partial charge in [-0.3, -0.25) is 4.79 Å². The van der Waals surface area contributed by atoms with Crippen molar-refractivity contribution in [2.24, 2.45) is 17.3 Å². The van der Waals surface area contributed by atoms with Gasteiger partial charge in [-0.15, -0.1) is 13.2 Å². The summed E-state index contributed by atoms with van der Waals surface area (Å²) < 4.78 is 60.9. The highest BCUT2D eigenvalue weighted by molar-refractivity contribution is 5.91. The lowest BCUT2D eigenvalue weighted by molar-refractivity contribution is -0.275. The molecule has 4 bridgehead atoms. The number of hydrogen-bond acceptors (Lipinski definition) is 6. The molecule has 9 heteroatoms. The van der Waals surface area contributed by atoms with Crippen LogP contribution in [0.1, 0.15) is 76.1 Å². The van der Waals surface area contributed by atoms with E-state index in [0.29, 0.717) is 44.3 Å². The van der Waals surface area contributed by atoms with Gasteiger partial charge in [-0.2, -0.15) is 0 Å². The van der Waals surface area contributed by atoms with Gasteiger partial charge in [0.15, 0.2) is 11.5 Å². The molecule has 4 aliphatic carbocycles. The predicted molar refractivity (Wildman–Crippen MR) is 135 cm³/mol. The summed E-state index contributed by atoms with van der Waals surface area (Å²) >= 11 is 0. The van der Waals surface area contributed by atoms with E-state index in [1.165, 1.54) is 12.1 Å². The molecule has 0 heterocycles. The monoisotopic (exact) mass is 546 g/mol. The summed E-state index contributed by atoms with van der Waals surface area (Å²) in [7, 11) is 0. The van der Waals surface area contributed by atoms with Gasteiger partial charge in [0.25, 0.3) is 0 Å². The number of para-hydroxylation sites is 1. The fourth-order valence-electron chi connectivity index (χ4n) is 6.79. The first-order valence-electron chi connectivity index (χ1n) is 13.4. The second-order valence-corrected chi connectivity index (χ2v) is 11.9.